The molecule has 0 heterocycles. The van der Waals surface area contributed by atoms with Crippen molar-refractivity contribution in [3.63, 3.8) is 0 Å². The van der Waals surface area contributed by atoms with Gasteiger partial charge in [0.1, 0.15) is 60.4 Å². The van der Waals surface area contributed by atoms with Gasteiger partial charge in [-0.05, 0) is 80.5 Å². The van der Waals surface area contributed by atoms with E-state index in [1.807, 2.05) is 62.3 Å². The smallest absolute Gasteiger partial charge is 0.326 e. The number of hydrogen-bond donors (Lipinski definition) is 8. The van der Waals surface area contributed by atoms with Crippen molar-refractivity contribution in [2.45, 2.75) is 249 Å². The molecule has 0 aliphatic rings. The van der Waals surface area contributed by atoms with Crippen molar-refractivity contribution in [3.05, 3.63) is 0 Å². The first-order chi connectivity index (χ1) is 43.4. The molecule has 0 saturated heterocycles. The van der Waals surface area contributed by atoms with Crippen LogP contribution in [-0.2, 0) is 62.3 Å². The minimum Gasteiger partial charge on any atom is -0.480 e. The van der Waals surface area contributed by atoms with E-state index < -0.39 is 161 Å². The van der Waals surface area contributed by atoms with E-state index in [2.05, 4.69) is 31.9 Å². The molecule has 12 amide bonds. The Hall–Kier alpha value is -6.93. The predicted molar refractivity (Wildman–Crippen MR) is 359 cm³/mol. The number of rotatable bonds is 41. The second-order valence-corrected chi connectivity index (χ2v) is 27.8. The van der Waals surface area contributed by atoms with Gasteiger partial charge >= 0.3 is 5.97 Å². The Bertz CT molecular complexity index is 2550. The Balaban J connectivity index is 6.41. The Morgan fingerprint density at radius 3 is 1.20 bits per heavy atom. The van der Waals surface area contributed by atoms with E-state index in [9.17, 15) is 72.5 Å². The number of carbonyl (C=O) groups excluding carboxylic acids is 12. The summed E-state index contributed by atoms with van der Waals surface area (Å²) in [5.41, 5.74) is 0. The van der Waals surface area contributed by atoms with Gasteiger partial charge in [-0.2, -0.15) is 0 Å². The Kier molecular flexibility index (Phi) is 38.1. The number of aliphatic hydroxyl groups is 1. The third-order valence-electron chi connectivity index (χ3n) is 17.7. The van der Waals surface area contributed by atoms with Crippen LogP contribution in [0.5, 0.6) is 0 Å². The minimum atomic E-state index is -1.54. The molecule has 0 spiro atoms. The van der Waals surface area contributed by atoms with Gasteiger partial charge in [-0.1, -0.05) is 130 Å². The number of aliphatic hydroxyl groups excluding tert-OH is 1. The maximum absolute atomic E-state index is 14.6. The van der Waals surface area contributed by atoms with E-state index in [0.29, 0.717) is 19.3 Å². The maximum atomic E-state index is 14.6. The second-order valence-electron chi connectivity index (χ2n) is 27.8. The van der Waals surface area contributed by atoms with Gasteiger partial charge in [-0.25, -0.2) is 4.79 Å². The average Bonchev–Trinajstić information content (AvgIpc) is 0.830. The summed E-state index contributed by atoms with van der Waals surface area (Å²) in [4.78, 5) is 186. The molecule has 27 heteroatoms. The lowest BCUT2D eigenvalue weighted by molar-refractivity contribution is -0.152. The van der Waals surface area contributed by atoms with Crippen LogP contribution in [0.25, 0.3) is 0 Å². The number of amides is 12. The number of nitrogens with zero attached hydrogens (tertiary/aromatic N) is 6. The quantitative estimate of drug-likeness (QED) is 0.0436. The molecular weight excluding hydrogens is 1210 g/mol. The monoisotopic (exact) mass is 1330 g/mol. The summed E-state index contributed by atoms with van der Waals surface area (Å²) in [6, 6.07) is -11.4. The fraction of sp³-hybridized carbons (Fsp3) is 0.806. The highest BCUT2D eigenvalue weighted by atomic mass is 16.4. The topological polar surface area (TPSA) is 354 Å². The van der Waals surface area contributed by atoms with E-state index in [1.54, 1.807) is 48.5 Å². The van der Waals surface area contributed by atoms with Crippen molar-refractivity contribution in [1.29, 1.82) is 0 Å². The van der Waals surface area contributed by atoms with Crippen LogP contribution >= 0.6 is 0 Å². The van der Waals surface area contributed by atoms with E-state index in [1.165, 1.54) is 82.7 Å². The molecule has 14 atom stereocenters. The molecule has 540 valence electrons. The van der Waals surface area contributed by atoms with Gasteiger partial charge in [0.15, 0.2) is 0 Å². The molecule has 94 heavy (non-hydrogen) atoms. The van der Waals surface area contributed by atoms with Crippen molar-refractivity contribution >= 4 is 76.9 Å². The van der Waals surface area contributed by atoms with Gasteiger partial charge in [0, 0.05) is 75.1 Å². The average molecular weight is 1340 g/mol. The first-order valence-corrected chi connectivity index (χ1v) is 33.6. The number of hydrogen-bond acceptors (Lipinski definition) is 14. The number of nitrogens with one attached hydrogen (secondary N) is 6. The van der Waals surface area contributed by atoms with Crippen LogP contribution in [0.1, 0.15) is 183 Å². The summed E-state index contributed by atoms with van der Waals surface area (Å²) in [7, 11) is 8.47. The summed E-state index contributed by atoms with van der Waals surface area (Å²) >= 11 is 0. The van der Waals surface area contributed by atoms with E-state index in [-0.39, 0.29) is 74.8 Å². The van der Waals surface area contributed by atoms with Gasteiger partial charge < -0.3 is 71.5 Å². The zero-order valence-electron chi connectivity index (χ0n) is 61.4. The fourth-order valence-electron chi connectivity index (χ4n) is 11.4. The van der Waals surface area contributed by atoms with Crippen LogP contribution in [0.4, 0.5) is 0 Å². The predicted octanol–water partition coefficient (Wildman–Crippen LogP) is 2.99. The molecule has 0 aliphatic carbocycles. The summed E-state index contributed by atoms with van der Waals surface area (Å²) in [5, 5.41) is 37.4. The van der Waals surface area contributed by atoms with Crippen molar-refractivity contribution in [3.8, 4) is 0 Å². The summed E-state index contributed by atoms with van der Waals surface area (Å²) in [6.07, 6.45) is -0.0869. The lowest BCUT2D eigenvalue weighted by Crippen LogP contribution is -2.62. The second kappa shape index (κ2) is 41.1. The highest BCUT2D eigenvalue weighted by Gasteiger charge is 2.44. The highest BCUT2D eigenvalue weighted by molar-refractivity contribution is 5.98. The molecule has 0 rings (SSSR count). The van der Waals surface area contributed by atoms with Gasteiger partial charge in [0.25, 0.3) is 0 Å². The third kappa shape index (κ3) is 26.3. The molecule has 0 aromatic heterocycles. The first-order valence-electron chi connectivity index (χ1n) is 33.6. The highest BCUT2D eigenvalue weighted by Crippen LogP contribution is 2.24. The van der Waals surface area contributed by atoms with E-state index in [0.717, 1.165) is 9.80 Å². The summed E-state index contributed by atoms with van der Waals surface area (Å²) in [6.45, 7) is 32.6. The maximum Gasteiger partial charge on any atom is 0.326 e. The van der Waals surface area contributed by atoms with Crippen LogP contribution in [0, 0.1) is 47.3 Å². The number of aliphatic carboxylic acids is 1. The Morgan fingerprint density at radius 1 is 0.383 bits per heavy atom. The molecule has 27 nitrogen and oxygen atoms in total. The lowest BCUT2D eigenvalue weighted by Gasteiger charge is -2.38. The standard InChI is InChI=1S/C67H122N12O15/c1-26-41(14)53(65(91)76(22)54(40(12)13)66(92)74(20)44(17)58(84)68-31-29-50(82)71-47(33-36(4)5)61(87)78(24)56(67(93)94)43(16)28-3)73-51(83)30-32-69-59(85)55(42(15)27-2)77(23)62(88)48(34-37(6)7)72-60(86)57(45(18)80)79(25)63(89)49(35-38(8)9)75(21)64(90)52(39(10)11)70-46(19)81/h36-45,47-49,52-57,80H,26-35H2,1-25H3,(H,68,84)(H,69,85)(H,70,81)(H,71,82)(H,72,86)(H,73,83)(H,93,94)/t41-,42-,43-,44-,45+,47+,48+,49+,52-,53+,54-,55-,56+,57-/m0/s1. The molecule has 0 aromatic carbocycles. The van der Waals surface area contributed by atoms with Crippen LogP contribution in [0.3, 0.4) is 0 Å². The van der Waals surface area contributed by atoms with E-state index in [4.69, 9.17) is 0 Å². The molecule has 0 fully saturated rings. The lowest BCUT2D eigenvalue weighted by atomic mass is 9.94. The van der Waals surface area contributed by atoms with Crippen molar-refractivity contribution in [2.24, 2.45) is 47.3 Å². The first kappa shape index (κ1) is 87.1. The van der Waals surface area contributed by atoms with Crippen LogP contribution < -0.4 is 31.9 Å². The number of carbonyl (C=O) groups is 13. The van der Waals surface area contributed by atoms with Crippen molar-refractivity contribution in [1.82, 2.24) is 61.3 Å². The van der Waals surface area contributed by atoms with Crippen molar-refractivity contribution < 1.29 is 72.5 Å². The normalized spacial score (nSPS) is 16.0. The molecule has 0 radical (unpaired) electrons. The van der Waals surface area contributed by atoms with Gasteiger partial charge in [-0.15, -0.1) is 0 Å². The summed E-state index contributed by atoms with van der Waals surface area (Å²) in [5.74, 6) is -10.7. The van der Waals surface area contributed by atoms with Gasteiger partial charge in [-0.3, -0.25) is 57.5 Å². The van der Waals surface area contributed by atoms with E-state index >= 15 is 0 Å². The molecule has 0 aliphatic heterocycles. The molecule has 8 N–H and O–H groups in total. The van der Waals surface area contributed by atoms with Crippen LogP contribution in [0.15, 0.2) is 0 Å². The van der Waals surface area contributed by atoms with Crippen LogP contribution in [-0.4, -0.2) is 238 Å². The molecule has 0 saturated carbocycles. The molecular formula is C67H122N12O15. The molecule has 0 aromatic rings. The Labute approximate surface area is 560 Å². The fourth-order valence-corrected chi connectivity index (χ4v) is 11.4. The zero-order valence-corrected chi connectivity index (χ0v) is 61.4. The number of likely N-dealkylation sites (N-methyl/N-ethyl adjacent to an activating group) is 6. The van der Waals surface area contributed by atoms with Crippen LogP contribution in [0.2, 0.25) is 0 Å². The Morgan fingerprint density at radius 2 is 0.787 bits per heavy atom. The number of carboxylic acid groups (broad SMARTS) is 1. The largest absolute Gasteiger partial charge is 0.480 e. The summed E-state index contributed by atoms with van der Waals surface area (Å²) < 4.78 is 0. The van der Waals surface area contributed by atoms with Gasteiger partial charge in [0.2, 0.25) is 70.9 Å². The minimum absolute atomic E-state index is 0.0328. The number of carboxylic acids is 1. The molecule has 0 bridgehead atoms. The van der Waals surface area contributed by atoms with Gasteiger partial charge in [0.05, 0.1) is 6.10 Å². The zero-order chi connectivity index (χ0) is 73.3. The molecule has 0 unspecified atom stereocenters. The third-order valence-corrected chi connectivity index (χ3v) is 17.7. The SMILES string of the molecule is CC[C@H](C)[C@@H](C(=O)NCCC(=O)N[C@@H](C(=O)N(C)[C@H](C(=O)N(C)[C@@H](C)C(=O)NCCC(=O)N[C@H](CC(C)C)C(=O)N(C)[C@@H](C(=O)O)[C@@H](C)CC)C(C)C)[C@@H](C)CC)N(C)C(=O)[C@@H](CC(C)C)NC(=O)[C@H]([C@@H](C)O)N(C)C(=O)[C@@H](CC(C)C)N(C)C(=O)[C@@H](NC(C)=O)C(C)C. The van der Waals surface area contributed by atoms with Crippen molar-refractivity contribution in [2.75, 3.05) is 55.4 Å².